The topological polar surface area (TPSA) is 41.7 Å². The second-order valence-electron chi connectivity index (χ2n) is 6.94. The van der Waals surface area contributed by atoms with Crippen molar-refractivity contribution in [2.24, 2.45) is 5.73 Å². The summed E-state index contributed by atoms with van der Waals surface area (Å²) in [5.74, 6) is 0. The fourth-order valence-electron chi connectivity index (χ4n) is 4.17. The predicted molar refractivity (Wildman–Crippen MR) is 88.6 cm³/mol. The Balaban J connectivity index is 1.98. The minimum atomic E-state index is 0.164. The van der Waals surface area contributed by atoms with Gasteiger partial charge in [0.25, 0.3) is 0 Å². The average molecular weight is 297 g/mol. The summed E-state index contributed by atoms with van der Waals surface area (Å²) in [6.45, 7) is 9.81. The van der Waals surface area contributed by atoms with Crippen molar-refractivity contribution in [3.05, 3.63) is 0 Å². The number of likely N-dealkylation sites (N-methyl/N-ethyl adjacent to an activating group) is 1. The van der Waals surface area contributed by atoms with E-state index in [0.717, 1.165) is 26.0 Å². The predicted octanol–water partition coefficient (Wildman–Crippen LogP) is 2.08. The van der Waals surface area contributed by atoms with E-state index >= 15 is 0 Å². The fourth-order valence-corrected chi connectivity index (χ4v) is 4.17. The van der Waals surface area contributed by atoms with Crippen molar-refractivity contribution >= 4 is 0 Å². The normalized spacial score (nSPS) is 32.7. The lowest BCUT2D eigenvalue weighted by molar-refractivity contribution is -0.0833. The monoisotopic (exact) mass is 297 g/mol. The number of piperidine rings is 1. The van der Waals surface area contributed by atoms with Crippen molar-refractivity contribution in [1.29, 1.82) is 0 Å². The zero-order chi connectivity index (χ0) is 15.3. The van der Waals surface area contributed by atoms with Crippen LogP contribution < -0.4 is 5.73 Å². The Hall–Kier alpha value is -0.160. The van der Waals surface area contributed by atoms with E-state index in [2.05, 4.69) is 30.7 Å². The first-order valence-corrected chi connectivity index (χ1v) is 8.92. The van der Waals surface area contributed by atoms with E-state index in [1.165, 1.54) is 45.3 Å². The molecule has 2 rings (SSSR count). The Morgan fingerprint density at radius 1 is 1.29 bits per heavy atom. The third-order valence-corrected chi connectivity index (χ3v) is 5.82. The highest BCUT2D eigenvalue weighted by molar-refractivity contribution is 4.98. The molecule has 0 radical (unpaired) electrons. The van der Waals surface area contributed by atoms with Gasteiger partial charge in [0.15, 0.2) is 0 Å². The summed E-state index contributed by atoms with van der Waals surface area (Å²) in [5.41, 5.74) is 6.41. The molecule has 0 aromatic heterocycles. The molecule has 2 aliphatic rings. The van der Waals surface area contributed by atoms with Crippen LogP contribution in [-0.4, -0.2) is 67.3 Å². The number of rotatable bonds is 6. The summed E-state index contributed by atoms with van der Waals surface area (Å²) in [4.78, 5) is 5.19. The standard InChI is InChI=1S/C17H35N3O/c1-4-6-16-13-17(14-18,9-12-21-16)19(3)15-7-10-20(5-2)11-8-15/h15-16H,4-14,18H2,1-3H3. The quantitative estimate of drug-likeness (QED) is 0.815. The molecule has 2 atom stereocenters. The lowest BCUT2D eigenvalue weighted by atomic mass is 9.82. The summed E-state index contributed by atoms with van der Waals surface area (Å²) < 4.78 is 5.96. The largest absolute Gasteiger partial charge is 0.378 e. The molecule has 0 saturated carbocycles. The molecule has 2 saturated heterocycles. The highest BCUT2D eigenvalue weighted by Crippen LogP contribution is 2.34. The molecule has 0 aromatic rings. The van der Waals surface area contributed by atoms with Gasteiger partial charge in [-0.3, -0.25) is 4.90 Å². The second kappa shape index (κ2) is 7.91. The maximum atomic E-state index is 6.25. The smallest absolute Gasteiger partial charge is 0.0593 e. The highest BCUT2D eigenvalue weighted by atomic mass is 16.5. The molecule has 124 valence electrons. The van der Waals surface area contributed by atoms with Crippen LogP contribution in [0.25, 0.3) is 0 Å². The maximum Gasteiger partial charge on any atom is 0.0593 e. The van der Waals surface area contributed by atoms with E-state index < -0.39 is 0 Å². The summed E-state index contributed by atoms with van der Waals surface area (Å²) in [7, 11) is 2.31. The lowest BCUT2D eigenvalue weighted by Gasteiger charge is -2.51. The van der Waals surface area contributed by atoms with E-state index in [1.807, 2.05) is 0 Å². The Morgan fingerprint density at radius 3 is 2.57 bits per heavy atom. The van der Waals surface area contributed by atoms with Crippen molar-refractivity contribution in [1.82, 2.24) is 9.80 Å². The molecule has 0 aliphatic carbocycles. The van der Waals surface area contributed by atoms with Gasteiger partial charge in [-0.2, -0.15) is 0 Å². The van der Waals surface area contributed by atoms with E-state index in [9.17, 15) is 0 Å². The van der Waals surface area contributed by atoms with Gasteiger partial charge in [0.1, 0.15) is 0 Å². The number of nitrogens with zero attached hydrogens (tertiary/aromatic N) is 2. The fraction of sp³-hybridized carbons (Fsp3) is 1.00. The van der Waals surface area contributed by atoms with Crippen LogP contribution in [0.5, 0.6) is 0 Å². The van der Waals surface area contributed by atoms with Gasteiger partial charge in [0.05, 0.1) is 6.10 Å². The molecular formula is C17H35N3O. The number of hydrogen-bond donors (Lipinski definition) is 1. The van der Waals surface area contributed by atoms with Gasteiger partial charge in [-0.25, -0.2) is 0 Å². The average Bonchev–Trinajstić information content (AvgIpc) is 2.54. The summed E-state index contributed by atoms with van der Waals surface area (Å²) in [6, 6.07) is 0.691. The van der Waals surface area contributed by atoms with Crippen molar-refractivity contribution < 1.29 is 4.74 Å². The molecule has 2 unspecified atom stereocenters. The first-order chi connectivity index (χ1) is 10.1. The number of likely N-dealkylation sites (tertiary alicyclic amines) is 1. The SMILES string of the molecule is CCCC1CC(CN)(N(C)C2CCN(CC)CC2)CCO1. The van der Waals surface area contributed by atoms with Gasteiger partial charge < -0.3 is 15.4 Å². The Bertz CT molecular complexity index is 302. The number of ether oxygens (including phenoxy) is 1. The summed E-state index contributed by atoms with van der Waals surface area (Å²) >= 11 is 0. The molecule has 0 aromatic carbocycles. The molecule has 4 nitrogen and oxygen atoms in total. The maximum absolute atomic E-state index is 6.25. The first-order valence-electron chi connectivity index (χ1n) is 8.92. The van der Waals surface area contributed by atoms with Crippen molar-refractivity contribution in [3.63, 3.8) is 0 Å². The third kappa shape index (κ3) is 3.98. The van der Waals surface area contributed by atoms with Crippen LogP contribution in [0.2, 0.25) is 0 Å². The van der Waals surface area contributed by atoms with Gasteiger partial charge in [-0.1, -0.05) is 20.3 Å². The third-order valence-electron chi connectivity index (χ3n) is 5.82. The molecule has 2 N–H and O–H groups in total. The van der Waals surface area contributed by atoms with Crippen molar-refractivity contribution in [3.8, 4) is 0 Å². The Morgan fingerprint density at radius 2 is 2.00 bits per heavy atom. The first kappa shape index (κ1) is 17.2. The minimum Gasteiger partial charge on any atom is -0.378 e. The summed E-state index contributed by atoms with van der Waals surface area (Å²) in [6.07, 6.45) is 7.55. The zero-order valence-corrected chi connectivity index (χ0v) is 14.3. The number of nitrogens with two attached hydrogens (primary N) is 1. The number of hydrogen-bond acceptors (Lipinski definition) is 4. The van der Waals surface area contributed by atoms with E-state index in [4.69, 9.17) is 10.5 Å². The van der Waals surface area contributed by atoms with Crippen LogP contribution in [0.1, 0.15) is 52.4 Å². The van der Waals surface area contributed by atoms with Gasteiger partial charge in [0.2, 0.25) is 0 Å². The van der Waals surface area contributed by atoms with E-state index in [1.54, 1.807) is 0 Å². The molecule has 4 heteroatoms. The van der Waals surface area contributed by atoms with Crippen LogP contribution in [0.3, 0.4) is 0 Å². The van der Waals surface area contributed by atoms with E-state index in [-0.39, 0.29) is 5.54 Å². The van der Waals surface area contributed by atoms with Gasteiger partial charge >= 0.3 is 0 Å². The highest BCUT2D eigenvalue weighted by Gasteiger charge is 2.42. The van der Waals surface area contributed by atoms with Crippen LogP contribution in [0, 0.1) is 0 Å². The molecule has 21 heavy (non-hydrogen) atoms. The Labute approximate surface area is 131 Å². The molecule has 2 aliphatic heterocycles. The zero-order valence-electron chi connectivity index (χ0n) is 14.3. The molecular weight excluding hydrogens is 262 g/mol. The van der Waals surface area contributed by atoms with Crippen molar-refractivity contribution in [2.45, 2.75) is 70.1 Å². The van der Waals surface area contributed by atoms with Gasteiger partial charge in [-0.05, 0) is 58.8 Å². The van der Waals surface area contributed by atoms with E-state index in [0.29, 0.717) is 12.1 Å². The van der Waals surface area contributed by atoms with Crippen molar-refractivity contribution in [2.75, 3.05) is 39.8 Å². The summed E-state index contributed by atoms with van der Waals surface area (Å²) in [5, 5.41) is 0. The van der Waals surface area contributed by atoms with Gasteiger partial charge in [0, 0.05) is 24.7 Å². The van der Waals surface area contributed by atoms with Crippen LogP contribution in [0.15, 0.2) is 0 Å². The van der Waals surface area contributed by atoms with Crippen LogP contribution in [-0.2, 0) is 4.74 Å². The van der Waals surface area contributed by atoms with Crippen LogP contribution in [0.4, 0.5) is 0 Å². The molecule has 0 bridgehead atoms. The van der Waals surface area contributed by atoms with Crippen LogP contribution >= 0.6 is 0 Å². The molecule has 2 heterocycles. The lowest BCUT2D eigenvalue weighted by Crippen LogP contribution is -2.61. The second-order valence-corrected chi connectivity index (χ2v) is 6.94. The molecule has 0 amide bonds. The molecule has 0 spiro atoms. The Kier molecular flexibility index (Phi) is 6.48. The minimum absolute atomic E-state index is 0.164. The van der Waals surface area contributed by atoms with Gasteiger partial charge in [-0.15, -0.1) is 0 Å². The molecule has 2 fully saturated rings.